The second-order valence-corrected chi connectivity index (χ2v) is 11.0. The van der Waals surface area contributed by atoms with Crippen molar-refractivity contribution >= 4 is 22.9 Å². The van der Waals surface area contributed by atoms with Gasteiger partial charge in [-0.2, -0.15) is 5.10 Å². The molecule has 1 fully saturated rings. The summed E-state index contributed by atoms with van der Waals surface area (Å²) in [7, 11) is 1.45. The summed E-state index contributed by atoms with van der Waals surface area (Å²) in [5.41, 5.74) is 2.19. The lowest BCUT2D eigenvalue weighted by Crippen LogP contribution is -2.41. The van der Waals surface area contributed by atoms with Crippen molar-refractivity contribution in [3.8, 4) is 28.6 Å². The van der Waals surface area contributed by atoms with Crippen molar-refractivity contribution in [2.24, 2.45) is 5.92 Å². The highest BCUT2D eigenvalue weighted by molar-refractivity contribution is 5.83. The maximum atomic E-state index is 12.8. The van der Waals surface area contributed by atoms with Gasteiger partial charge in [-0.3, -0.25) is 4.79 Å². The van der Waals surface area contributed by atoms with Gasteiger partial charge in [0.05, 0.1) is 11.3 Å². The Balaban J connectivity index is 1.28. The molecule has 0 spiro atoms. The van der Waals surface area contributed by atoms with Gasteiger partial charge in [-0.05, 0) is 67.0 Å². The second kappa shape index (κ2) is 12.0. The molecular weight excluding hydrogens is 540 g/mol. The zero-order valence-corrected chi connectivity index (χ0v) is 24.0. The van der Waals surface area contributed by atoms with Crippen LogP contribution in [0.25, 0.3) is 28.0 Å². The molecule has 5 rings (SSSR count). The number of fused-ring (bicyclic) bond motifs is 1. The maximum absolute atomic E-state index is 12.8. The summed E-state index contributed by atoms with van der Waals surface area (Å²) in [6, 6.07) is 10.7. The number of likely N-dealkylation sites (tertiary alicyclic amines) is 1. The number of piperidine rings is 1. The summed E-state index contributed by atoms with van der Waals surface area (Å²) in [6.45, 7) is 5.73. The number of aromatic nitrogens is 4. The first kappa shape index (κ1) is 28.8. The fourth-order valence-electron chi connectivity index (χ4n) is 5.56. The van der Waals surface area contributed by atoms with Crippen molar-refractivity contribution in [3.63, 3.8) is 0 Å². The fourth-order valence-corrected chi connectivity index (χ4v) is 5.56. The number of ether oxygens (including phenoxy) is 1. The van der Waals surface area contributed by atoms with Gasteiger partial charge in [0, 0.05) is 49.8 Å². The molecule has 2 aromatic carbocycles. The van der Waals surface area contributed by atoms with E-state index in [4.69, 9.17) is 4.74 Å². The molecule has 222 valence electrons. The Hall–Kier alpha value is -4.74. The summed E-state index contributed by atoms with van der Waals surface area (Å²) < 4.78 is 8.48. The van der Waals surface area contributed by atoms with Crippen LogP contribution in [-0.2, 0) is 16.1 Å². The molecule has 4 N–H and O–H groups in total. The monoisotopic (exact) mass is 576 g/mol. The molecule has 0 bridgehead atoms. The second-order valence-electron chi connectivity index (χ2n) is 11.0. The van der Waals surface area contributed by atoms with Crippen molar-refractivity contribution < 1.29 is 24.5 Å². The van der Waals surface area contributed by atoms with Crippen LogP contribution in [0.5, 0.6) is 11.5 Å². The number of aromatic hydroxyl groups is 2. The molecule has 12 nitrogen and oxygen atoms in total. The molecule has 0 atom stereocenters. The number of phenols is 2. The van der Waals surface area contributed by atoms with Crippen molar-refractivity contribution in [3.05, 3.63) is 58.6 Å². The van der Waals surface area contributed by atoms with Crippen LogP contribution in [0.4, 0.5) is 4.79 Å². The predicted octanol–water partition coefficient (Wildman–Crippen LogP) is 3.70. The third-order valence-electron chi connectivity index (χ3n) is 7.97. The molecule has 2 aromatic heterocycles. The Kier molecular flexibility index (Phi) is 8.23. The normalized spacial score (nSPS) is 14.0. The lowest BCUT2D eigenvalue weighted by Gasteiger charge is -2.32. The van der Waals surface area contributed by atoms with Gasteiger partial charge in [-0.25, -0.2) is 19.3 Å². The Morgan fingerprint density at radius 2 is 1.88 bits per heavy atom. The molecule has 0 radical (unpaired) electrons. The number of amides is 2. The van der Waals surface area contributed by atoms with Gasteiger partial charge in [-0.15, -0.1) is 0 Å². The zero-order valence-electron chi connectivity index (χ0n) is 24.0. The van der Waals surface area contributed by atoms with Crippen molar-refractivity contribution in [1.82, 2.24) is 29.5 Å². The van der Waals surface area contributed by atoms with E-state index in [0.717, 1.165) is 36.7 Å². The number of hydrogen-bond acceptors (Lipinski definition) is 7. The molecule has 1 saturated heterocycles. The van der Waals surface area contributed by atoms with Crippen LogP contribution in [0.3, 0.4) is 0 Å². The van der Waals surface area contributed by atoms with Gasteiger partial charge < -0.3 is 29.7 Å². The van der Waals surface area contributed by atoms with E-state index in [2.05, 4.69) is 20.1 Å². The molecule has 0 unspecified atom stereocenters. The van der Waals surface area contributed by atoms with E-state index in [1.165, 1.54) is 17.7 Å². The Morgan fingerprint density at radius 3 is 2.60 bits per heavy atom. The van der Waals surface area contributed by atoms with E-state index in [-0.39, 0.29) is 35.8 Å². The molecule has 0 aliphatic carbocycles. The zero-order chi connectivity index (χ0) is 30.0. The summed E-state index contributed by atoms with van der Waals surface area (Å²) in [6.07, 6.45) is 4.17. The largest absolute Gasteiger partial charge is 0.508 e. The Morgan fingerprint density at radius 1 is 1.12 bits per heavy atom. The third-order valence-corrected chi connectivity index (χ3v) is 7.97. The summed E-state index contributed by atoms with van der Waals surface area (Å²) in [5.74, 6) is 0.381. The van der Waals surface area contributed by atoms with Crippen LogP contribution in [0.1, 0.15) is 44.6 Å². The number of nitrogens with one attached hydrogen (secondary N) is 2. The van der Waals surface area contributed by atoms with E-state index in [0.29, 0.717) is 35.8 Å². The molecular formula is C30H36N6O6. The third kappa shape index (κ3) is 5.83. The van der Waals surface area contributed by atoms with E-state index >= 15 is 0 Å². The van der Waals surface area contributed by atoms with Gasteiger partial charge in [0.15, 0.2) is 12.4 Å². The minimum Gasteiger partial charge on any atom is -0.508 e. The van der Waals surface area contributed by atoms with Crippen LogP contribution in [0.15, 0.2) is 47.4 Å². The first-order chi connectivity index (χ1) is 20.2. The summed E-state index contributed by atoms with van der Waals surface area (Å²) in [4.78, 5) is 38.1. The first-order valence-corrected chi connectivity index (χ1v) is 14.1. The van der Waals surface area contributed by atoms with Gasteiger partial charge in [-0.1, -0.05) is 13.8 Å². The Labute approximate surface area is 242 Å². The first-order valence-electron chi connectivity index (χ1n) is 14.1. The lowest BCUT2D eigenvalue weighted by atomic mass is 9.93. The smallest absolute Gasteiger partial charge is 0.407 e. The molecule has 2 amide bonds. The van der Waals surface area contributed by atoms with Crippen molar-refractivity contribution in [2.45, 2.75) is 45.6 Å². The topological polar surface area (TPSA) is 155 Å². The van der Waals surface area contributed by atoms with E-state index in [1.54, 1.807) is 11.0 Å². The molecule has 42 heavy (non-hydrogen) atoms. The number of carbonyl (C=O) groups excluding carboxylic acids is 2. The molecule has 1 aliphatic heterocycles. The van der Waals surface area contributed by atoms with E-state index in [9.17, 15) is 24.6 Å². The fraction of sp³-hybridized carbons (Fsp3) is 0.400. The number of hydrogen-bond donors (Lipinski definition) is 4. The number of nitrogens with zero attached hydrogens (tertiary/aromatic N) is 4. The SMILES string of the molecule is CNC(=O)OCC(=O)N1CCC(CCn2ccc3cc(-n4c(-c5cc(C(C)C)c(O)cc5O)n[nH]c4=O)ccc32)CC1. The van der Waals surface area contributed by atoms with E-state index < -0.39 is 11.8 Å². The van der Waals surface area contributed by atoms with Crippen LogP contribution in [0, 0.1) is 5.92 Å². The minimum absolute atomic E-state index is 0.00415. The molecule has 4 aromatic rings. The predicted molar refractivity (Wildman–Crippen MR) is 157 cm³/mol. The summed E-state index contributed by atoms with van der Waals surface area (Å²) in [5, 5.41) is 30.8. The van der Waals surface area contributed by atoms with Gasteiger partial charge >= 0.3 is 11.8 Å². The van der Waals surface area contributed by atoms with Crippen LogP contribution in [-0.4, -0.2) is 73.2 Å². The molecule has 0 saturated carbocycles. The van der Waals surface area contributed by atoms with Gasteiger partial charge in [0.25, 0.3) is 5.91 Å². The highest BCUT2D eigenvalue weighted by atomic mass is 16.6. The van der Waals surface area contributed by atoms with Crippen LogP contribution >= 0.6 is 0 Å². The van der Waals surface area contributed by atoms with Crippen molar-refractivity contribution in [1.29, 1.82) is 0 Å². The Bertz CT molecular complexity index is 1660. The molecule has 1 aliphatic rings. The maximum Gasteiger partial charge on any atom is 0.407 e. The number of rotatable bonds is 8. The number of phenolic OH excluding ortho intramolecular Hbond substituents is 2. The van der Waals surface area contributed by atoms with Crippen molar-refractivity contribution in [2.75, 3.05) is 26.7 Å². The van der Waals surface area contributed by atoms with Gasteiger partial charge in [0.1, 0.15) is 11.5 Å². The van der Waals surface area contributed by atoms with Crippen LogP contribution in [0.2, 0.25) is 0 Å². The summed E-state index contributed by atoms with van der Waals surface area (Å²) >= 11 is 0. The number of H-pyrrole nitrogens is 1. The lowest BCUT2D eigenvalue weighted by molar-refractivity contribution is -0.135. The average molecular weight is 577 g/mol. The quantitative estimate of drug-likeness (QED) is 0.249. The number of carbonyl (C=O) groups is 2. The number of alkyl carbamates (subject to hydrolysis) is 1. The highest BCUT2D eigenvalue weighted by Crippen LogP contribution is 2.37. The van der Waals surface area contributed by atoms with Crippen LogP contribution < -0.4 is 11.0 Å². The standard InChI is InChI=1S/C30H36N6O6/c1-18(2)22-15-23(26(38)16-25(22)37)28-32-33-29(40)36(28)21-4-5-24-20(14-21)9-13-34(24)10-6-19-7-11-35(12-8-19)27(39)17-42-30(41)31-3/h4-5,9,13-16,18-19,37-38H,6-8,10-12,17H2,1-3H3,(H,31,41)(H,33,40). The molecule has 3 heterocycles. The highest BCUT2D eigenvalue weighted by Gasteiger charge is 2.24. The van der Waals surface area contributed by atoms with Gasteiger partial charge in [0.2, 0.25) is 0 Å². The molecule has 12 heteroatoms. The number of aryl methyl sites for hydroxylation is 1. The van der Waals surface area contributed by atoms with E-state index in [1.807, 2.05) is 44.3 Å². The average Bonchev–Trinajstić information content (AvgIpc) is 3.57. The number of aromatic amines is 1. The number of benzene rings is 2. The minimum atomic E-state index is -0.613.